The molecule has 5 heteroatoms. The number of hydrogen-bond acceptors (Lipinski definition) is 4. The van der Waals surface area contributed by atoms with Gasteiger partial charge in [-0.15, -0.1) is 0 Å². The fraction of sp³-hybridized carbons (Fsp3) is 0.769. The molecule has 1 fully saturated rings. The maximum absolute atomic E-state index is 5.72. The van der Waals surface area contributed by atoms with Gasteiger partial charge in [-0.2, -0.15) is 0 Å². The van der Waals surface area contributed by atoms with E-state index >= 15 is 0 Å². The van der Waals surface area contributed by atoms with E-state index < -0.39 is 0 Å². The first kappa shape index (κ1) is 13.5. The molecule has 1 saturated carbocycles. The molecule has 0 spiro atoms. The normalized spacial score (nSPS) is 19.5. The van der Waals surface area contributed by atoms with Gasteiger partial charge >= 0.3 is 0 Å². The van der Waals surface area contributed by atoms with Gasteiger partial charge in [0, 0.05) is 32.5 Å². The van der Waals surface area contributed by atoms with Gasteiger partial charge < -0.3 is 9.30 Å². The monoisotopic (exact) mass is 252 g/mol. The Labute approximate surface area is 109 Å². The minimum atomic E-state index is -0.0995. The van der Waals surface area contributed by atoms with Crippen LogP contribution in [-0.2, 0) is 17.7 Å². The van der Waals surface area contributed by atoms with Crippen molar-refractivity contribution in [2.45, 2.75) is 57.2 Å². The van der Waals surface area contributed by atoms with Crippen LogP contribution in [0.1, 0.15) is 38.4 Å². The number of nitrogens with one attached hydrogen (secondary N) is 1. The van der Waals surface area contributed by atoms with Crippen molar-refractivity contribution >= 4 is 0 Å². The minimum Gasteiger partial charge on any atom is -0.377 e. The highest BCUT2D eigenvalue weighted by atomic mass is 16.5. The van der Waals surface area contributed by atoms with Crippen LogP contribution in [0.2, 0.25) is 0 Å². The highest BCUT2D eigenvalue weighted by molar-refractivity contribution is 5.05. The third-order valence-electron chi connectivity index (χ3n) is 4.10. The molecule has 5 nitrogen and oxygen atoms in total. The van der Waals surface area contributed by atoms with E-state index in [1.807, 2.05) is 12.4 Å². The first-order valence-electron chi connectivity index (χ1n) is 6.77. The molecule has 0 amide bonds. The van der Waals surface area contributed by atoms with E-state index in [1.165, 1.54) is 6.42 Å². The summed E-state index contributed by atoms with van der Waals surface area (Å²) in [4.78, 5) is 4.44. The molecular weight excluding hydrogens is 228 g/mol. The lowest BCUT2D eigenvalue weighted by atomic mass is 9.73. The van der Waals surface area contributed by atoms with Gasteiger partial charge in [-0.25, -0.2) is 4.98 Å². The maximum Gasteiger partial charge on any atom is 0.110 e. The molecule has 1 aliphatic carbocycles. The summed E-state index contributed by atoms with van der Waals surface area (Å²) >= 11 is 0. The van der Waals surface area contributed by atoms with Gasteiger partial charge in [0.25, 0.3) is 0 Å². The van der Waals surface area contributed by atoms with Crippen LogP contribution in [-0.4, -0.2) is 28.3 Å². The topological polar surface area (TPSA) is 65.1 Å². The first-order valence-corrected chi connectivity index (χ1v) is 6.77. The van der Waals surface area contributed by atoms with Gasteiger partial charge in [0.1, 0.15) is 5.82 Å². The molecule has 2 rings (SSSR count). The van der Waals surface area contributed by atoms with Crippen molar-refractivity contribution in [2.75, 3.05) is 7.11 Å². The molecule has 0 aromatic carbocycles. The van der Waals surface area contributed by atoms with Gasteiger partial charge in [-0.3, -0.25) is 11.3 Å². The van der Waals surface area contributed by atoms with Crippen LogP contribution in [0.25, 0.3) is 0 Å². The summed E-state index contributed by atoms with van der Waals surface area (Å²) in [5.41, 5.74) is 2.83. The molecule has 0 radical (unpaired) electrons. The van der Waals surface area contributed by atoms with E-state index in [4.69, 9.17) is 10.6 Å². The van der Waals surface area contributed by atoms with Crippen LogP contribution < -0.4 is 11.3 Å². The molecule has 1 aromatic rings. The number of imidazole rings is 1. The minimum absolute atomic E-state index is 0.0995. The summed E-state index contributed by atoms with van der Waals surface area (Å²) in [7, 11) is 1.78. The molecule has 102 valence electrons. The molecule has 1 heterocycles. The Bertz CT molecular complexity index is 367. The second-order valence-corrected chi connectivity index (χ2v) is 5.08. The maximum atomic E-state index is 5.72. The Morgan fingerprint density at radius 3 is 2.89 bits per heavy atom. The second-order valence-electron chi connectivity index (χ2n) is 5.08. The van der Waals surface area contributed by atoms with Gasteiger partial charge in [-0.1, -0.05) is 6.92 Å². The second kappa shape index (κ2) is 5.82. The number of nitrogens with zero attached hydrogens (tertiary/aromatic N) is 2. The Balaban J connectivity index is 2.07. The molecule has 1 aromatic heterocycles. The lowest BCUT2D eigenvalue weighted by Gasteiger charge is -2.46. The number of methoxy groups -OCH3 is 1. The van der Waals surface area contributed by atoms with Gasteiger partial charge in [0.15, 0.2) is 0 Å². The van der Waals surface area contributed by atoms with Crippen molar-refractivity contribution in [1.82, 2.24) is 15.0 Å². The predicted octanol–water partition coefficient (Wildman–Crippen LogP) is 1.24. The van der Waals surface area contributed by atoms with Crippen molar-refractivity contribution in [2.24, 2.45) is 5.84 Å². The largest absolute Gasteiger partial charge is 0.377 e. The molecule has 1 atom stereocenters. The van der Waals surface area contributed by atoms with E-state index in [2.05, 4.69) is 21.9 Å². The SMILES string of the molecule is CCCn1ccnc1CC(NN)C1(OC)CCC1. The average Bonchev–Trinajstić information content (AvgIpc) is 2.75. The lowest BCUT2D eigenvalue weighted by Crippen LogP contribution is -2.59. The first-order chi connectivity index (χ1) is 8.75. The smallest absolute Gasteiger partial charge is 0.110 e. The Kier molecular flexibility index (Phi) is 4.37. The predicted molar refractivity (Wildman–Crippen MR) is 70.9 cm³/mol. The summed E-state index contributed by atoms with van der Waals surface area (Å²) in [6.07, 6.45) is 9.19. The van der Waals surface area contributed by atoms with Crippen LogP contribution in [0.5, 0.6) is 0 Å². The summed E-state index contributed by atoms with van der Waals surface area (Å²) in [6.45, 7) is 3.18. The Morgan fingerprint density at radius 2 is 2.39 bits per heavy atom. The zero-order valence-electron chi connectivity index (χ0n) is 11.4. The van der Waals surface area contributed by atoms with Crippen LogP contribution in [0, 0.1) is 0 Å². The number of hydrazine groups is 1. The van der Waals surface area contributed by atoms with Gasteiger partial charge in [-0.05, 0) is 25.7 Å². The molecule has 0 aliphatic heterocycles. The van der Waals surface area contributed by atoms with Crippen molar-refractivity contribution in [3.05, 3.63) is 18.2 Å². The molecule has 1 aliphatic rings. The standard InChI is InChI=1S/C13H24N4O/c1-3-8-17-9-7-15-12(17)10-11(16-14)13(18-2)5-4-6-13/h7,9,11,16H,3-6,8,10,14H2,1-2H3. The highest BCUT2D eigenvalue weighted by Gasteiger charge is 2.44. The zero-order valence-corrected chi connectivity index (χ0v) is 11.4. The fourth-order valence-corrected chi connectivity index (χ4v) is 2.77. The van der Waals surface area contributed by atoms with E-state index in [0.29, 0.717) is 0 Å². The van der Waals surface area contributed by atoms with Crippen LogP contribution in [0.15, 0.2) is 12.4 Å². The molecule has 1 unspecified atom stereocenters. The average molecular weight is 252 g/mol. The zero-order chi connectivity index (χ0) is 13.0. The van der Waals surface area contributed by atoms with Crippen LogP contribution >= 0.6 is 0 Å². The van der Waals surface area contributed by atoms with Crippen molar-refractivity contribution in [3.8, 4) is 0 Å². The molecule has 3 N–H and O–H groups in total. The Morgan fingerprint density at radius 1 is 1.61 bits per heavy atom. The Hall–Kier alpha value is -0.910. The molecular formula is C13H24N4O. The summed E-state index contributed by atoms with van der Waals surface area (Å²) < 4.78 is 7.90. The van der Waals surface area contributed by atoms with Crippen molar-refractivity contribution < 1.29 is 4.74 Å². The van der Waals surface area contributed by atoms with Crippen LogP contribution in [0.3, 0.4) is 0 Å². The van der Waals surface area contributed by atoms with E-state index in [0.717, 1.165) is 38.1 Å². The number of hydrogen-bond donors (Lipinski definition) is 2. The van der Waals surface area contributed by atoms with E-state index in [1.54, 1.807) is 7.11 Å². The third-order valence-corrected chi connectivity index (χ3v) is 4.10. The van der Waals surface area contributed by atoms with Crippen molar-refractivity contribution in [1.29, 1.82) is 0 Å². The molecule has 18 heavy (non-hydrogen) atoms. The number of ether oxygens (including phenoxy) is 1. The summed E-state index contributed by atoms with van der Waals surface area (Å²) in [6, 6.07) is 0.134. The third kappa shape index (κ3) is 2.43. The van der Waals surface area contributed by atoms with E-state index in [-0.39, 0.29) is 11.6 Å². The lowest BCUT2D eigenvalue weighted by molar-refractivity contribution is -0.0986. The number of aromatic nitrogens is 2. The van der Waals surface area contributed by atoms with Gasteiger partial charge in [0.2, 0.25) is 0 Å². The molecule has 0 bridgehead atoms. The quantitative estimate of drug-likeness (QED) is 0.566. The van der Waals surface area contributed by atoms with E-state index in [9.17, 15) is 0 Å². The van der Waals surface area contributed by atoms with Crippen molar-refractivity contribution in [3.63, 3.8) is 0 Å². The fourth-order valence-electron chi connectivity index (χ4n) is 2.77. The number of nitrogens with two attached hydrogens (primary N) is 1. The van der Waals surface area contributed by atoms with Gasteiger partial charge in [0.05, 0.1) is 11.6 Å². The number of aryl methyl sites for hydroxylation is 1. The van der Waals surface area contributed by atoms with Crippen LogP contribution in [0.4, 0.5) is 0 Å². The summed E-state index contributed by atoms with van der Waals surface area (Å²) in [5.74, 6) is 6.80. The highest BCUT2D eigenvalue weighted by Crippen LogP contribution is 2.38. The molecule has 0 saturated heterocycles. The summed E-state index contributed by atoms with van der Waals surface area (Å²) in [5, 5.41) is 0. The number of rotatable bonds is 7.